The molecule has 0 spiro atoms. The molecule has 17 heavy (non-hydrogen) atoms. The highest BCUT2D eigenvalue weighted by Crippen LogP contribution is 2.29. The molecule has 0 bridgehead atoms. The molecule has 1 saturated carbocycles. The lowest BCUT2D eigenvalue weighted by molar-refractivity contribution is 0.140. The van der Waals surface area contributed by atoms with Crippen LogP contribution in [-0.2, 0) is 0 Å². The van der Waals surface area contributed by atoms with Crippen LogP contribution >= 0.6 is 0 Å². The quantitative estimate of drug-likeness (QED) is 0.739. The lowest BCUT2D eigenvalue weighted by atomic mass is 9.82. The molecule has 2 rings (SSSR count). The average Bonchev–Trinajstić information content (AvgIpc) is 2.33. The molecule has 1 aliphatic heterocycles. The third kappa shape index (κ3) is 3.43. The van der Waals surface area contributed by atoms with Gasteiger partial charge in [0, 0.05) is 12.1 Å². The molecule has 0 amide bonds. The van der Waals surface area contributed by atoms with Crippen molar-refractivity contribution in [3.05, 3.63) is 0 Å². The lowest BCUT2D eigenvalue weighted by Crippen LogP contribution is -2.58. The van der Waals surface area contributed by atoms with E-state index in [1.165, 1.54) is 64.7 Å². The minimum atomic E-state index is 0.245. The van der Waals surface area contributed by atoms with Crippen molar-refractivity contribution in [2.75, 3.05) is 32.7 Å². The molecule has 3 heteroatoms. The van der Waals surface area contributed by atoms with Gasteiger partial charge in [0.2, 0.25) is 0 Å². The number of nitrogens with two attached hydrogens (primary N) is 1. The molecule has 1 saturated heterocycles. The fourth-order valence-corrected chi connectivity index (χ4v) is 3.07. The molecular weight excluding hydrogens is 210 g/mol. The van der Waals surface area contributed by atoms with Crippen LogP contribution in [0, 0.1) is 5.92 Å². The largest absolute Gasteiger partial charge is 0.329 e. The van der Waals surface area contributed by atoms with Crippen LogP contribution in [-0.4, -0.2) is 43.2 Å². The first-order valence-electron chi connectivity index (χ1n) is 7.45. The van der Waals surface area contributed by atoms with Gasteiger partial charge in [0.1, 0.15) is 0 Å². The highest BCUT2D eigenvalue weighted by molar-refractivity contribution is 4.94. The highest BCUT2D eigenvalue weighted by Gasteiger charge is 2.32. The molecule has 2 fully saturated rings. The first kappa shape index (κ1) is 13.3. The van der Waals surface area contributed by atoms with Crippen LogP contribution in [0.25, 0.3) is 0 Å². The summed E-state index contributed by atoms with van der Waals surface area (Å²) in [4.78, 5) is 2.53. The first-order valence-corrected chi connectivity index (χ1v) is 7.45. The van der Waals surface area contributed by atoms with Crippen LogP contribution in [0.5, 0.6) is 0 Å². The molecule has 0 aromatic rings. The van der Waals surface area contributed by atoms with E-state index in [-0.39, 0.29) is 5.54 Å². The lowest BCUT2D eigenvalue weighted by Gasteiger charge is -2.42. The van der Waals surface area contributed by atoms with Crippen LogP contribution in [0.3, 0.4) is 0 Å². The molecular formula is C14H29N3. The Bertz CT molecular complexity index is 218. The second-order valence-electron chi connectivity index (χ2n) is 5.93. The fraction of sp³-hybridized carbons (Fsp3) is 1.00. The van der Waals surface area contributed by atoms with Gasteiger partial charge in [-0.05, 0) is 51.4 Å². The molecule has 0 aromatic carbocycles. The predicted molar refractivity (Wildman–Crippen MR) is 73.1 cm³/mol. The van der Waals surface area contributed by atoms with E-state index >= 15 is 0 Å². The standard InChI is InChI=1S/C14H29N3/c1-2-17-10-7-14(12-15,8-11-17)16-9-6-13-4-3-5-13/h13,16H,2-12,15H2,1H3. The molecule has 0 atom stereocenters. The molecule has 0 radical (unpaired) electrons. The fourth-order valence-electron chi connectivity index (χ4n) is 3.07. The van der Waals surface area contributed by atoms with Gasteiger partial charge in [0.05, 0.1) is 0 Å². The summed E-state index contributed by atoms with van der Waals surface area (Å²) in [5.41, 5.74) is 6.25. The maximum absolute atomic E-state index is 6.01. The molecule has 3 nitrogen and oxygen atoms in total. The van der Waals surface area contributed by atoms with E-state index < -0.39 is 0 Å². The summed E-state index contributed by atoms with van der Waals surface area (Å²) in [6.45, 7) is 7.83. The number of hydrogen-bond donors (Lipinski definition) is 2. The molecule has 2 aliphatic rings. The smallest absolute Gasteiger partial charge is 0.0328 e. The Hall–Kier alpha value is -0.120. The van der Waals surface area contributed by atoms with E-state index in [1.54, 1.807) is 0 Å². The Morgan fingerprint density at radius 3 is 2.47 bits per heavy atom. The second kappa shape index (κ2) is 6.17. The zero-order valence-electron chi connectivity index (χ0n) is 11.4. The molecule has 3 N–H and O–H groups in total. The van der Waals surface area contributed by atoms with Gasteiger partial charge in [-0.2, -0.15) is 0 Å². The zero-order valence-corrected chi connectivity index (χ0v) is 11.4. The Labute approximate surface area is 106 Å². The summed E-state index contributed by atoms with van der Waals surface area (Å²) >= 11 is 0. The first-order chi connectivity index (χ1) is 8.28. The number of piperidine rings is 1. The van der Waals surface area contributed by atoms with Crippen LogP contribution in [0.2, 0.25) is 0 Å². The molecule has 0 unspecified atom stereocenters. The highest BCUT2D eigenvalue weighted by atomic mass is 15.2. The second-order valence-corrected chi connectivity index (χ2v) is 5.93. The average molecular weight is 239 g/mol. The number of likely N-dealkylation sites (tertiary alicyclic amines) is 1. The molecule has 100 valence electrons. The number of nitrogens with zero attached hydrogens (tertiary/aromatic N) is 1. The van der Waals surface area contributed by atoms with Crippen molar-refractivity contribution < 1.29 is 0 Å². The van der Waals surface area contributed by atoms with Gasteiger partial charge in [0.25, 0.3) is 0 Å². The van der Waals surface area contributed by atoms with Gasteiger partial charge >= 0.3 is 0 Å². The van der Waals surface area contributed by atoms with E-state index in [1.807, 2.05) is 0 Å². The third-order valence-electron chi connectivity index (χ3n) is 4.93. The van der Waals surface area contributed by atoms with Crippen molar-refractivity contribution in [1.82, 2.24) is 10.2 Å². The Kier molecular flexibility index (Phi) is 4.83. The van der Waals surface area contributed by atoms with Gasteiger partial charge < -0.3 is 16.0 Å². The van der Waals surface area contributed by atoms with Crippen molar-refractivity contribution >= 4 is 0 Å². The monoisotopic (exact) mass is 239 g/mol. The third-order valence-corrected chi connectivity index (χ3v) is 4.93. The summed E-state index contributed by atoms with van der Waals surface area (Å²) in [5.74, 6) is 1.01. The summed E-state index contributed by atoms with van der Waals surface area (Å²) in [6, 6.07) is 0. The summed E-state index contributed by atoms with van der Waals surface area (Å²) in [7, 11) is 0. The van der Waals surface area contributed by atoms with Crippen molar-refractivity contribution in [2.45, 2.75) is 51.0 Å². The molecule has 0 aromatic heterocycles. The minimum Gasteiger partial charge on any atom is -0.329 e. The van der Waals surface area contributed by atoms with Crippen LogP contribution in [0.4, 0.5) is 0 Å². The van der Waals surface area contributed by atoms with Crippen molar-refractivity contribution in [1.29, 1.82) is 0 Å². The van der Waals surface area contributed by atoms with E-state index in [0.717, 1.165) is 12.5 Å². The Balaban J connectivity index is 1.70. The predicted octanol–water partition coefficient (Wildman–Crippen LogP) is 1.58. The van der Waals surface area contributed by atoms with Crippen molar-refractivity contribution in [2.24, 2.45) is 11.7 Å². The summed E-state index contributed by atoms with van der Waals surface area (Å²) in [6.07, 6.45) is 8.18. The van der Waals surface area contributed by atoms with E-state index in [4.69, 9.17) is 5.73 Å². The maximum Gasteiger partial charge on any atom is 0.0328 e. The minimum absolute atomic E-state index is 0.245. The summed E-state index contributed by atoms with van der Waals surface area (Å²) < 4.78 is 0. The van der Waals surface area contributed by atoms with Gasteiger partial charge in [-0.3, -0.25) is 0 Å². The molecule has 1 aliphatic carbocycles. The van der Waals surface area contributed by atoms with Gasteiger partial charge in [-0.1, -0.05) is 26.2 Å². The van der Waals surface area contributed by atoms with Crippen molar-refractivity contribution in [3.63, 3.8) is 0 Å². The van der Waals surface area contributed by atoms with Gasteiger partial charge in [-0.25, -0.2) is 0 Å². The van der Waals surface area contributed by atoms with Gasteiger partial charge in [0.15, 0.2) is 0 Å². The van der Waals surface area contributed by atoms with Crippen LogP contribution in [0.1, 0.15) is 45.4 Å². The van der Waals surface area contributed by atoms with E-state index in [2.05, 4.69) is 17.1 Å². The Morgan fingerprint density at radius 1 is 1.29 bits per heavy atom. The van der Waals surface area contributed by atoms with Crippen LogP contribution < -0.4 is 11.1 Å². The SMILES string of the molecule is CCN1CCC(CN)(NCCC2CCC2)CC1. The van der Waals surface area contributed by atoms with Gasteiger partial charge in [-0.15, -0.1) is 0 Å². The van der Waals surface area contributed by atoms with Crippen molar-refractivity contribution in [3.8, 4) is 0 Å². The Morgan fingerprint density at radius 2 is 2.00 bits per heavy atom. The number of hydrogen-bond acceptors (Lipinski definition) is 3. The van der Waals surface area contributed by atoms with Crippen LogP contribution in [0.15, 0.2) is 0 Å². The normalized spacial score (nSPS) is 25.8. The zero-order chi connectivity index (χ0) is 12.1. The number of nitrogens with one attached hydrogen (secondary N) is 1. The topological polar surface area (TPSA) is 41.3 Å². The summed E-state index contributed by atoms with van der Waals surface area (Å²) in [5, 5.41) is 3.78. The maximum atomic E-state index is 6.01. The number of rotatable bonds is 6. The molecule has 1 heterocycles. The van der Waals surface area contributed by atoms with E-state index in [9.17, 15) is 0 Å². The van der Waals surface area contributed by atoms with E-state index in [0.29, 0.717) is 0 Å².